The summed E-state index contributed by atoms with van der Waals surface area (Å²) in [6, 6.07) is 5.69. The smallest absolute Gasteiger partial charge is 0.302 e. The number of anilines is 1. The summed E-state index contributed by atoms with van der Waals surface area (Å²) in [6.07, 6.45) is 0. The van der Waals surface area contributed by atoms with Gasteiger partial charge in [0, 0.05) is 11.1 Å². The number of phenolic OH excluding ortho intramolecular Hbond substituents is 2. The predicted octanol–water partition coefficient (Wildman–Crippen LogP) is 0.864. The van der Waals surface area contributed by atoms with Crippen LogP contribution < -0.4 is 11.9 Å². The Morgan fingerprint density at radius 1 is 0.875 bits per heavy atom. The molecule has 0 amide bonds. The van der Waals surface area contributed by atoms with Gasteiger partial charge in [-0.15, -0.1) is 0 Å². The Labute approximate surface area is 135 Å². The maximum atomic E-state index is 12.5. The Balaban J connectivity index is 0.00000208. The fourth-order valence-electron chi connectivity index (χ4n) is 2.57. The first-order chi connectivity index (χ1) is 10.7. The molecule has 8 N–H and O–H groups in total. The van der Waals surface area contributed by atoms with Crippen molar-refractivity contribution in [1.82, 2.24) is 6.15 Å². The topological polar surface area (TPSA) is 190 Å². The molecule has 0 saturated carbocycles. The Bertz CT molecular complexity index is 1010. The Kier molecular flexibility index (Phi) is 3.84. The summed E-state index contributed by atoms with van der Waals surface area (Å²) in [4.78, 5) is 23.7. The predicted molar refractivity (Wildman–Crippen MR) is 82.3 cm³/mol. The number of aromatic hydroxyl groups is 2. The lowest BCUT2D eigenvalue weighted by Crippen LogP contribution is -2.23. The van der Waals surface area contributed by atoms with E-state index in [9.17, 15) is 28.2 Å². The second kappa shape index (κ2) is 5.30. The number of fused-ring (bicyclic) bond motifs is 2. The maximum Gasteiger partial charge on any atom is 0.302 e. The molecule has 0 bridgehead atoms. The zero-order chi connectivity index (χ0) is 17.1. The molecule has 0 aromatic heterocycles. The summed E-state index contributed by atoms with van der Waals surface area (Å²) in [6.45, 7) is 0. The highest BCUT2D eigenvalue weighted by Gasteiger charge is 2.39. The van der Waals surface area contributed by atoms with Crippen molar-refractivity contribution < 1.29 is 32.8 Å². The molecule has 126 valence electrons. The van der Waals surface area contributed by atoms with E-state index in [1.807, 2.05) is 0 Å². The lowest BCUT2D eigenvalue weighted by Gasteiger charge is -2.21. The number of carbonyl (C=O) groups is 2. The third-order valence-electron chi connectivity index (χ3n) is 3.57. The van der Waals surface area contributed by atoms with Crippen LogP contribution in [0.15, 0.2) is 29.2 Å². The van der Waals surface area contributed by atoms with Crippen molar-refractivity contribution in [2.75, 3.05) is 5.73 Å². The number of nitrogens with two attached hydrogens (primary N) is 1. The minimum atomic E-state index is -5.08. The average Bonchev–Trinajstić information content (AvgIpc) is 2.47. The Hall–Kier alpha value is -2.95. The van der Waals surface area contributed by atoms with Gasteiger partial charge in [-0.05, 0) is 0 Å². The average molecular weight is 352 g/mol. The van der Waals surface area contributed by atoms with E-state index in [0.717, 1.165) is 0 Å². The molecule has 0 unspecified atom stereocenters. The van der Waals surface area contributed by atoms with E-state index in [2.05, 4.69) is 0 Å². The molecule has 0 saturated heterocycles. The highest BCUT2D eigenvalue weighted by molar-refractivity contribution is 7.86. The second-order valence-corrected chi connectivity index (χ2v) is 6.23. The summed E-state index contributed by atoms with van der Waals surface area (Å²) >= 11 is 0. The zero-order valence-electron chi connectivity index (χ0n) is 12.0. The van der Waals surface area contributed by atoms with Gasteiger partial charge in [0.15, 0.2) is 28.0 Å². The molecule has 0 heterocycles. The molecule has 9 nitrogen and oxygen atoms in total. The van der Waals surface area contributed by atoms with Crippen molar-refractivity contribution in [3.63, 3.8) is 0 Å². The molecule has 0 radical (unpaired) electrons. The van der Waals surface area contributed by atoms with Gasteiger partial charge in [-0.25, -0.2) is 0 Å². The van der Waals surface area contributed by atoms with Crippen LogP contribution in [0.2, 0.25) is 0 Å². The van der Waals surface area contributed by atoms with Crippen molar-refractivity contribution in [3.05, 3.63) is 46.5 Å². The van der Waals surface area contributed by atoms with Crippen LogP contribution in [0.25, 0.3) is 0 Å². The lowest BCUT2D eigenvalue weighted by atomic mass is 9.82. The SMILES string of the molecule is N.Nc1c(O)c(S(=O)(=O)O)c(O)c2c1C(=O)c1ccccc1C2=O. The first-order valence-electron chi connectivity index (χ1n) is 6.19. The highest BCUT2D eigenvalue weighted by Crippen LogP contribution is 2.46. The molecule has 1 aliphatic carbocycles. The van der Waals surface area contributed by atoms with E-state index in [-0.39, 0.29) is 17.3 Å². The van der Waals surface area contributed by atoms with Gasteiger partial charge in [0.2, 0.25) is 0 Å². The van der Waals surface area contributed by atoms with Crippen LogP contribution in [0, 0.1) is 0 Å². The largest absolute Gasteiger partial charge is 0.506 e. The number of rotatable bonds is 1. The monoisotopic (exact) mass is 352 g/mol. The highest BCUT2D eigenvalue weighted by atomic mass is 32.2. The number of ketones is 2. The van der Waals surface area contributed by atoms with E-state index in [1.54, 1.807) is 0 Å². The summed E-state index contributed by atoms with van der Waals surface area (Å²) < 4.78 is 31.8. The first kappa shape index (κ1) is 17.4. The van der Waals surface area contributed by atoms with Crippen LogP contribution >= 0.6 is 0 Å². The van der Waals surface area contributed by atoms with Gasteiger partial charge in [-0.1, -0.05) is 24.3 Å². The molecule has 0 spiro atoms. The third-order valence-corrected chi connectivity index (χ3v) is 4.47. The number of benzene rings is 2. The standard InChI is InChI=1S/C14H9NO7S.H3N/c15-9-7-8(12(18)14(13(9)19)23(20,21)22)11(17)6-4-2-1-3-5(6)10(7)16;/h1-4,18-19H,15H2,(H,20,21,22);1H3. The third kappa shape index (κ3) is 2.12. The molecule has 10 heteroatoms. The molecule has 2 aromatic rings. The molecular weight excluding hydrogens is 340 g/mol. The van der Waals surface area contributed by atoms with E-state index < -0.39 is 54.9 Å². The number of carbonyl (C=O) groups excluding carboxylic acids is 2. The van der Waals surface area contributed by atoms with Crippen molar-refractivity contribution in [2.24, 2.45) is 0 Å². The number of hydrogen-bond donors (Lipinski definition) is 5. The Morgan fingerprint density at radius 2 is 1.33 bits per heavy atom. The molecule has 0 fully saturated rings. The van der Waals surface area contributed by atoms with Crippen LogP contribution in [0.5, 0.6) is 11.5 Å². The van der Waals surface area contributed by atoms with Crippen LogP contribution in [0.1, 0.15) is 31.8 Å². The second-order valence-electron chi connectivity index (χ2n) is 4.87. The molecule has 0 aliphatic heterocycles. The van der Waals surface area contributed by atoms with E-state index in [0.29, 0.717) is 0 Å². The number of phenols is 2. The van der Waals surface area contributed by atoms with Crippen molar-refractivity contribution >= 4 is 27.4 Å². The number of nitrogen functional groups attached to an aromatic ring is 1. The minimum Gasteiger partial charge on any atom is -0.506 e. The van der Waals surface area contributed by atoms with Gasteiger partial charge >= 0.3 is 10.1 Å². The van der Waals surface area contributed by atoms with Gasteiger partial charge in [0.25, 0.3) is 0 Å². The van der Waals surface area contributed by atoms with Crippen LogP contribution in [-0.4, -0.2) is 34.8 Å². The van der Waals surface area contributed by atoms with E-state index >= 15 is 0 Å². The summed E-state index contributed by atoms with van der Waals surface area (Å²) in [5.41, 5.74) is 3.65. The maximum absolute atomic E-state index is 12.5. The van der Waals surface area contributed by atoms with Crippen LogP contribution in [0.4, 0.5) is 5.69 Å². The van der Waals surface area contributed by atoms with Gasteiger partial charge in [-0.3, -0.25) is 14.1 Å². The quantitative estimate of drug-likeness (QED) is 0.183. The van der Waals surface area contributed by atoms with Crippen LogP contribution in [-0.2, 0) is 10.1 Å². The molecule has 0 atom stereocenters. The van der Waals surface area contributed by atoms with Crippen molar-refractivity contribution in [1.29, 1.82) is 0 Å². The molecule has 3 rings (SSSR count). The van der Waals surface area contributed by atoms with Gasteiger partial charge in [-0.2, -0.15) is 8.42 Å². The minimum absolute atomic E-state index is 0. The summed E-state index contributed by atoms with van der Waals surface area (Å²) in [5.74, 6) is -4.00. The Morgan fingerprint density at radius 3 is 1.79 bits per heavy atom. The molecule has 1 aliphatic rings. The normalized spacial score (nSPS) is 13.0. The molecule has 24 heavy (non-hydrogen) atoms. The molecule has 2 aromatic carbocycles. The van der Waals surface area contributed by atoms with Crippen molar-refractivity contribution in [3.8, 4) is 11.5 Å². The van der Waals surface area contributed by atoms with Crippen molar-refractivity contribution in [2.45, 2.75) is 4.90 Å². The van der Waals surface area contributed by atoms with Gasteiger partial charge in [0.05, 0.1) is 16.8 Å². The van der Waals surface area contributed by atoms with Gasteiger partial charge in [0.1, 0.15) is 0 Å². The lowest BCUT2D eigenvalue weighted by molar-refractivity contribution is 0.0976. The fraction of sp³-hybridized carbons (Fsp3) is 0. The van der Waals surface area contributed by atoms with Gasteiger partial charge < -0.3 is 22.1 Å². The zero-order valence-corrected chi connectivity index (χ0v) is 12.8. The van der Waals surface area contributed by atoms with E-state index in [4.69, 9.17) is 10.3 Å². The fourth-order valence-corrected chi connectivity index (χ4v) is 3.27. The first-order valence-corrected chi connectivity index (χ1v) is 7.63. The van der Waals surface area contributed by atoms with Crippen LogP contribution in [0.3, 0.4) is 0 Å². The summed E-state index contributed by atoms with van der Waals surface area (Å²) in [5, 5.41) is 19.9. The van der Waals surface area contributed by atoms with E-state index in [1.165, 1.54) is 24.3 Å². The number of hydrogen-bond acceptors (Lipinski definition) is 8. The molecular formula is C14H12N2O7S. The summed E-state index contributed by atoms with van der Waals surface area (Å²) in [7, 11) is -5.08.